The first-order valence-corrected chi connectivity index (χ1v) is 5.34. The normalized spacial score (nSPS) is 12.1. The van der Waals surface area contributed by atoms with E-state index in [4.69, 9.17) is 5.11 Å². The zero-order chi connectivity index (χ0) is 13.0. The Kier molecular flexibility index (Phi) is 4.45. The summed E-state index contributed by atoms with van der Waals surface area (Å²) in [4.78, 5) is 13.4. The minimum atomic E-state index is -0.571. The first-order valence-electron chi connectivity index (χ1n) is 5.34. The molecule has 1 amide bonds. The highest BCUT2D eigenvalue weighted by Crippen LogP contribution is 2.16. The van der Waals surface area contributed by atoms with Crippen LogP contribution >= 0.6 is 0 Å². The number of carbonyl (C=O) groups is 1. The second-order valence-corrected chi connectivity index (χ2v) is 4.12. The summed E-state index contributed by atoms with van der Waals surface area (Å²) in [5, 5.41) is 11.3. The summed E-state index contributed by atoms with van der Waals surface area (Å²) in [6, 6.07) is 4.01. The maximum atomic E-state index is 13.7. The van der Waals surface area contributed by atoms with Gasteiger partial charge in [0.1, 0.15) is 5.82 Å². The fraction of sp³-hybridized carbons (Fsp3) is 0.417. The van der Waals surface area contributed by atoms with Gasteiger partial charge in [0.2, 0.25) is 0 Å². The van der Waals surface area contributed by atoms with E-state index in [0.29, 0.717) is 5.69 Å². The Morgan fingerprint density at radius 3 is 2.65 bits per heavy atom. The Hall–Kier alpha value is -1.62. The molecule has 17 heavy (non-hydrogen) atoms. The largest absolute Gasteiger partial charge is 0.394 e. The molecule has 0 aliphatic carbocycles. The number of aliphatic hydroxyl groups excluding tert-OH is 1. The summed E-state index contributed by atoms with van der Waals surface area (Å²) in [5.74, 6) is -1.09. The summed E-state index contributed by atoms with van der Waals surface area (Å²) < 4.78 is 13.7. The van der Waals surface area contributed by atoms with Crippen molar-refractivity contribution in [2.75, 3.05) is 25.6 Å². The number of halogens is 1. The van der Waals surface area contributed by atoms with Crippen LogP contribution in [-0.4, -0.2) is 37.8 Å². The molecular weight excluding hydrogens is 223 g/mol. The van der Waals surface area contributed by atoms with E-state index < -0.39 is 17.8 Å². The van der Waals surface area contributed by atoms with Crippen molar-refractivity contribution >= 4 is 11.6 Å². The lowest BCUT2D eigenvalue weighted by molar-refractivity contribution is 0.0918. The molecule has 2 N–H and O–H groups in total. The van der Waals surface area contributed by atoms with Crippen molar-refractivity contribution in [1.82, 2.24) is 5.32 Å². The lowest BCUT2D eigenvalue weighted by atomic mass is 10.1. The molecule has 94 valence electrons. The number of rotatable bonds is 4. The molecule has 1 unspecified atom stereocenters. The van der Waals surface area contributed by atoms with E-state index in [1.807, 2.05) is 0 Å². The monoisotopic (exact) mass is 240 g/mol. The van der Waals surface area contributed by atoms with Gasteiger partial charge in [0.25, 0.3) is 5.91 Å². The topological polar surface area (TPSA) is 52.6 Å². The molecule has 1 aromatic rings. The maximum Gasteiger partial charge on any atom is 0.254 e. The maximum absolute atomic E-state index is 13.7. The molecule has 0 bridgehead atoms. The molecule has 0 heterocycles. The first-order chi connectivity index (χ1) is 7.95. The molecule has 0 spiro atoms. The van der Waals surface area contributed by atoms with E-state index in [0.717, 1.165) is 0 Å². The summed E-state index contributed by atoms with van der Waals surface area (Å²) in [5.41, 5.74) is 0.671. The van der Waals surface area contributed by atoms with E-state index in [1.54, 1.807) is 32.0 Å². The van der Waals surface area contributed by atoms with Crippen LogP contribution in [0.15, 0.2) is 18.2 Å². The summed E-state index contributed by atoms with van der Waals surface area (Å²) in [6.45, 7) is 1.47. The van der Waals surface area contributed by atoms with Gasteiger partial charge in [0, 0.05) is 25.8 Å². The highest BCUT2D eigenvalue weighted by atomic mass is 19.1. The Morgan fingerprint density at radius 1 is 1.53 bits per heavy atom. The van der Waals surface area contributed by atoms with E-state index in [1.165, 1.54) is 12.1 Å². The zero-order valence-electron chi connectivity index (χ0n) is 10.2. The molecule has 1 atom stereocenters. The smallest absolute Gasteiger partial charge is 0.254 e. The predicted molar refractivity (Wildman–Crippen MR) is 64.7 cm³/mol. The standard InChI is InChI=1S/C12H17FN2O2/c1-8(7-16)14-12(17)10-5-4-9(15(2)3)6-11(10)13/h4-6,8,16H,7H2,1-3H3,(H,14,17). The average Bonchev–Trinajstić information content (AvgIpc) is 2.28. The third kappa shape index (κ3) is 3.42. The van der Waals surface area contributed by atoms with Gasteiger partial charge in [-0.1, -0.05) is 0 Å². The average molecular weight is 240 g/mol. The van der Waals surface area contributed by atoms with Crippen LogP contribution in [-0.2, 0) is 0 Å². The number of carbonyl (C=O) groups excluding carboxylic acids is 1. The third-order valence-electron chi connectivity index (χ3n) is 2.37. The Labute approximate surface area is 100 Å². The number of benzene rings is 1. The van der Waals surface area contributed by atoms with Gasteiger partial charge in [-0.3, -0.25) is 4.79 Å². The van der Waals surface area contributed by atoms with Crippen molar-refractivity contribution in [2.24, 2.45) is 0 Å². The Morgan fingerprint density at radius 2 is 2.18 bits per heavy atom. The number of nitrogens with zero attached hydrogens (tertiary/aromatic N) is 1. The highest BCUT2D eigenvalue weighted by Gasteiger charge is 2.14. The molecule has 4 nitrogen and oxygen atoms in total. The van der Waals surface area contributed by atoms with Crippen molar-refractivity contribution in [3.63, 3.8) is 0 Å². The molecule has 5 heteroatoms. The van der Waals surface area contributed by atoms with E-state index >= 15 is 0 Å². The lowest BCUT2D eigenvalue weighted by Crippen LogP contribution is -2.35. The second kappa shape index (κ2) is 5.63. The fourth-order valence-electron chi connectivity index (χ4n) is 1.31. The number of hydrogen-bond acceptors (Lipinski definition) is 3. The molecule has 0 fully saturated rings. The van der Waals surface area contributed by atoms with Gasteiger partial charge in [-0.25, -0.2) is 4.39 Å². The Bertz CT molecular complexity index is 407. The van der Waals surface area contributed by atoms with Crippen LogP contribution in [0.5, 0.6) is 0 Å². The molecule has 0 saturated heterocycles. The van der Waals surface area contributed by atoms with Crippen molar-refractivity contribution in [1.29, 1.82) is 0 Å². The van der Waals surface area contributed by atoms with Gasteiger partial charge in [-0.2, -0.15) is 0 Å². The fourth-order valence-corrected chi connectivity index (χ4v) is 1.31. The summed E-state index contributed by atoms with van der Waals surface area (Å²) in [6.07, 6.45) is 0. The van der Waals surface area contributed by atoms with Crippen molar-refractivity contribution in [3.05, 3.63) is 29.6 Å². The lowest BCUT2D eigenvalue weighted by Gasteiger charge is -2.15. The van der Waals surface area contributed by atoms with Crippen molar-refractivity contribution in [3.8, 4) is 0 Å². The third-order valence-corrected chi connectivity index (χ3v) is 2.37. The SMILES string of the molecule is CC(CO)NC(=O)c1ccc(N(C)C)cc1F. The van der Waals surface area contributed by atoms with Gasteiger partial charge in [0.05, 0.1) is 12.2 Å². The van der Waals surface area contributed by atoms with Gasteiger partial charge in [-0.15, -0.1) is 0 Å². The Balaban J connectivity index is 2.88. The second-order valence-electron chi connectivity index (χ2n) is 4.12. The minimum Gasteiger partial charge on any atom is -0.394 e. The molecule has 0 aliphatic heterocycles. The van der Waals surface area contributed by atoms with Gasteiger partial charge < -0.3 is 15.3 Å². The predicted octanol–water partition coefficient (Wildman–Crippen LogP) is 1.00. The van der Waals surface area contributed by atoms with Crippen LogP contribution < -0.4 is 10.2 Å². The molecule has 1 aromatic carbocycles. The number of anilines is 1. The number of nitrogens with one attached hydrogen (secondary N) is 1. The van der Waals surface area contributed by atoms with Gasteiger partial charge in [-0.05, 0) is 25.1 Å². The van der Waals surface area contributed by atoms with Gasteiger partial charge in [0.15, 0.2) is 0 Å². The quantitative estimate of drug-likeness (QED) is 0.825. The first kappa shape index (κ1) is 13.4. The van der Waals surface area contributed by atoms with Crippen LogP contribution in [0.1, 0.15) is 17.3 Å². The molecule has 0 saturated carbocycles. The molecule has 0 aliphatic rings. The molecule has 0 aromatic heterocycles. The van der Waals surface area contributed by atoms with Crippen LogP contribution in [0.4, 0.5) is 10.1 Å². The highest BCUT2D eigenvalue weighted by molar-refractivity contribution is 5.95. The summed E-state index contributed by atoms with van der Waals surface area (Å²) >= 11 is 0. The van der Waals surface area contributed by atoms with Crippen LogP contribution in [0.2, 0.25) is 0 Å². The number of aliphatic hydroxyl groups is 1. The molecule has 0 radical (unpaired) electrons. The van der Waals surface area contributed by atoms with Crippen LogP contribution in [0, 0.1) is 5.82 Å². The van der Waals surface area contributed by atoms with Crippen LogP contribution in [0.25, 0.3) is 0 Å². The van der Waals surface area contributed by atoms with E-state index in [9.17, 15) is 9.18 Å². The summed E-state index contributed by atoms with van der Waals surface area (Å²) in [7, 11) is 3.59. The van der Waals surface area contributed by atoms with E-state index in [-0.39, 0.29) is 12.2 Å². The van der Waals surface area contributed by atoms with Crippen molar-refractivity contribution in [2.45, 2.75) is 13.0 Å². The van der Waals surface area contributed by atoms with Crippen molar-refractivity contribution < 1.29 is 14.3 Å². The van der Waals surface area contributed by atoms with Crippen LogP contribution in [0.3, 0.4) is 0 Å². The molecule has 1 rings (SSSR count). The van der Waals surface area contributed by atoms with E-state index in [2.05, 4.69) is 5.32 Å². The number of hydrogen-bond donors (Lipinski definition) is 2. The minimum absolute atomic E-state index is 0.0177. The number of amides is 1. The van der Waals surface area contributed by atoms with Gasteiger partial charge >= 0.3 is 0 Å². The molecular formula is C12H17FN2O2. The zero-order valence-corrected chi connectivity index (χ0v) is 10.2.